The van der Waals surface area contributed by atoms with Gasteiger partial charge in [-0.15, -0.1) is 6.58 Å². The Morgan fingerprint density at radius 3 is 2.44 bits per heavy atom. The van der Waals surface area contributed by atoms with Crippen LogP contribution in [0, 0.1) is 0 Å². The van der Waals surface area contributed by atoms with Crippen LogP contribution < -0.4 is 15.2 Å². The Balaban J connectivity index is 2.93. The highest BCUT2D eigenvalue weighted by Gasteiger charge is 2.10. The van der Waals surface area contributed by atoms with Gasteiger partial charge in [-0.1, -0.05) is 11.6 Å². The molecule has 0 spiro atoms. The van der Waals surface area contributed by atoms with E-state index in [-0.39, 0.29) is 6.04 Å². The Bertz CT molecular complexity index is 374. The standard InChI is InChI=1S/C13H19NO2/c1-9(2)7-11(14)10-5-6-12(15-3)13(8-10)16-4/h5-6,8,11H,1,7,14H2,2-4H3. The number of hydrogen-bond donors (Lipinski definition) is 1. The molecular weight excluding hydrogens is 202 g/mol. The summed E-state index contributed by atoms with van der Waals surface area (Å²) >= 11 is 0. The maximum absolute atomic E-state index is 6.05. The van der Waals surface area contributed by atoms with Crippen LogP contribution in [-0.2, 0) is 0 Å². The van der Waals surface area contributed by atoms with Gasteiger partial charge in [0.05, 0.1) is 14.2 Å². The molecule has 0 fully saturated rings. The summed E-state index contributed by atoms with van der Waals surface area (Å²) in [6.45, 7) is 5.83. The fourth-order valence-corrected chi connectivity index (χ4v) is 1.58. The fourth-order valence-electron chi connectivity index (χ4n) is 1.58. The van der Waals surface area contributed by atoms with E-state index in [4.69, 9.17) is 15.2 Å². The van der Waals surface area contributed by atoms with Crippen molar-refractivity contribution in [3.05, 3.63) is 35.9 Å². The van der Waals surface area contributed by atoms with Crippen molar-refractivity contribution in [2.75, 3.05) is 14.2 Å². The smallest absolute Gasteiger partial charge is 0.161 e. The van der Waals surface area contributed by atoms with E-state index in [0.717, 1.165) is 17.6 Å². The zero-order valence-corrected chi connectivity index (χ0v) is 10.1. The van der Waals surface area contributed by atoms with Gasteiger partial charge >= 0.3 is 0 Å². The molecule has 3 heteroatoms. The molecular formula is C13H19NO2. The predicted molar refractivity (Wildman–Crippen MR) is 65.9 cm³/mol. The number of benzene rings is 1. The summed E-state index contributed by atoms with van der Waals surface area (Å²) in [5, 5.41) is 0. The molecule has 0 saturated carbocycles. The van der Waals surface area contributed by atoms with Crippen LogP contribution >= 0.6 is 0 Å². The summed E-state index contributed by atoms with van der Waals surface area (Å²) in [7, 11) is 3.23. The third-order valence-electron chi connectivity index (χ3n) is 2.40. The lowest BCUT2D eigenvalue weighted by Crippen LogP contribution is -2.10. The monoisotopic (exact) mass is 221 g/mol. The van der Waals surface area contributed by atoms with Crippen LogP contribution in [0.5, 0.6) is 11.5 Å². The van der Waals surface area contributed by atoms with E-state index >= 15 is 0 Å². The molecule has 0 radical (unpaired) electrons. The van der Waals surface area contributed by atoms with Gasteiger partial charge in [-0.25, -0.2) is 0 Å². The van der Waals surface area contributed by atoms with Gasteiger partial charge in [0, 0.05) is 6.04 Å². The minimum atomic E-state index is -0.0442. The molecule has 16 heavy (non-hydrogen) atoms. The Labute approximate surface area is 96.9 Å². The number of methoxy groups -OCH3 is 2. The van der Waals surface area contributed by atoms with E-state index in [0.29, 0.717) is 11.5 Å². The first kappa shape index (κ1) is 12.6. The Morgan fingerprint density at radius 2 is 1.94 bits per heavy atom. The molecule has 0 aliphatic rings. The molecule has 1 aromatic carbocycles. The number of hydrogen-bond acceptors (Lipinski definition) is 3. The van der Waals surface area contributed by atoms with Gasteiger partial charge in [0.25, 0.3) is 0 Å². The van der Waals surface area contributed by atoms with Crippen molar-refractivity contribution in [2.24, 2.45) is 5.73 Å². The van der Waals surface area contributed by atoms with Crippen LogP contribution in [-0.4, -0.2) is 14.2 Å². The van der Waals surface area contributed by atoms with Crippen molar-refractivity contribution >= 4 is 0 Å². The van der Waals surface area contributed by atoms with Crippen LogP contribution in [0.2, 0.25) is 0 Å². The lowest BCUT2D eigenvalue weighted by Gasteiger charge is -2.14. The minimum absolute atomic E-state index is 0.0442. The van der Waals surface area contributed by atoms with Gasteiger partial charge in [-0.2, -0.15) is 0 Å². The second-order valence-electron chi connectivity index (χ2n) is 3.88. The van der Waals surface area contributed by atoms with Crippen LogP contribution in [0.3, 0.4) is 0 Å². The van der Waals surface area contributed by atoms with Crippen molar-refractivity contribution in [1.82, 2.24) is 0 Å². The number of nitrogens with two attached hydrogens (primary N) is 1. The second kappa shape index (κ2) is 5.56. The predicted octanol–water partition coefficient (Wildman–Crippen LogP) is 2.67. The molecule has 0 aliphatic carbocycles. The van der Waals surface area contributed by atoms with Crippen LogP contribution in [0.15, 0.2) is 30.4 Å². The Hall–Kier alpha value is -1.48. The summed E-state index contributed by atoms with van der Waals surface area (Å²) in [5.41, 5.74) is 8.15. The van der Waals surface area contributed by atoms with Crippen LogP contribution in [0.1, 0.15) is 24.9 Å². The van der Waals surface area contributed by atoms with Gasteiger partial charge in [0.2, 0.25) is 0 Å². The van der Waals surface area contributed by atoms with Crippen molar-refractivity contribution in [1.29, 1.82) is 0 Å². The van der Waals surface area contributed by atoms with Gasteiger partial charge < -0.3 is 15.2 Å². The minimum Gasteiger partial charge on any atom is -0.493 e. The van der Waals surface area contributed by atoms with Crippen LogP contribution in [0.4, 0.5) is 0 Å². The molecule has 1 unspecified atom stereocenters. The average Bonchev–Trinajstić information content (AvgIpc) is 2.27. The topological polar surface area (TPSA) is 44.5 Å². The summed E-state index contributed by atoms with van der Waals surface area (Å²) in [6.07, 6.45) is 0.773. The van der Waals surface area contributed by atoms with Gasteiger partial charge in [0.1, 0.15) is 0 Å². The molecule has 1 aromatic rings. The van der Waals surface area contributed by atoms with Crippen molar-refractivity contribution in [2.45, 2.75) is 19.4 Å². The lowest BCUT2D eigenvalue weighted by molar-refractivity contribution is 0.354. The van der Waals surface area contributed by atoms with Gasteiger partial charge in [0.15, 0.2) is 11.5 Å². The fraction of sp³-hybridized carbons (Fsp3) is 0.385. The Morgan fingerprint density at radius 1 is 1.31 bits per heavy atom. The van der Waals surface area contributed by atoms with E-state index in [2.05, 4.69) is 6.58 Å². The molecule has 0 aromatic heterocycles. The first-order valence-corrected chi connectivity index (χ1v) is 5.20. The van der Waals surface area contributed by atoms with Gasteiger partial charge in [-0.3, -0.25) is 0 Å². The quantitative estimate of drug-likeness (QED) is 0.777. The molecule has 0 saturated heterocycles. The van der Waals surface area contributed by atoms with E-state index in [9.17, 15) is 0 Å². The maximum Gasteiger partial charge on any atom is 0.161 e. The zero-order valence-electron chi connectivity index (χ0n) is 10.1. The third-order valence-corrected chi connectivity index (χ3v) is 2.40. The highest BCUT2D eigenvalue weighted by molar-refractivity contribution is 5.43. The molecule has 1 rings (SSSR count). The third kappa shape index (κ3) is 3.00. The number of rotatable bonds is 5. The SMILES string of the molecule is C=C(C)CC(N)c1ccc(OC)c(OC)c1. The molecule has 0 heterocycles. The number of ether oxygens (including phenoxy) is 2. The second-order valence-corrected chi connectivity index (χ2v) is 3.88. The summed E-state index contributed by atoms with van der Waals surface area (Å²) in [4.78, 5) is 0. The van der Waals surface area contributed by atoms with E-state index < -0.39 is 0 Å². The lowest BCUT2D eigenvalue weighted by atomic mass is 10.0. The summed E-state index contributed by atoms with van der Waals surface area (Å²) in [5.74, 6) is 1.42. The summed E-state index contributed by atoms with van der Waals surface area (Å²) < 4.78 is 10.4. The van der Waals surface area contributed by atoms with E-state index in [1.807, 2.05) is 25.1 Å². The highest BCUT2D eigenvalue weighted by atomic mass is 16.5. The molecule has 0 bridgehead atoms. The molecule has 3 nitrogen and oxygen atoms in total. The Kier molecular flexibility index (Phi) is 4.38. The molecule has 0 amide bonds. The highest BCUT2D eigenvalue weighted by Crippen LogP contribution is 2.30. The molecule has 88 valence electrons. The first-order chi connectivity index (χ1) is 7.58. The first-order valence-electron chi connectivity index (χ1n) is 5.20. The largest absolute Gasteiger partial charge is 0.493 e. The normalized spacial score (nSPS) is 12.0. The molecule has 0 aliphatic heterocycles. The maximum atomic E-state index is 6.05. The molecule has 2 N–H and O–H groups in total. The van der Waals surface area contributed by atoms with Gasteiger partial charge in [-0.05, 0) is 31.0 Å². The van der Waals surface area contributed by atoms with Crippen LogP contribution in [0.25, 0.3) is 0 Å². The van der Waals surface area contributed by atoms with E-state index in [1.165, 1.54) is 0 Å². The van der Waals surface area contributed by atoms with Crippen molar-refractivity contribution in [3.8, 4) is 11.5 Å². The molecule has 1 atom stereocenters. The van der Waals surface area contributed by atoms with Crippen molar-refractivity contribution in [3.63, 3.8) is 0 Å². The zero-order chi connectivity index (χ0) is 12.1. The average molecular weight is 221 g/mol. The van der Waals surface area contributed by atoms with E-state index in [1.54, 1.807) is 14.2 Å². The summed E-state index contributed by atoms with van der Waals surface area (Å²) in [6, 6.07) is 5.69. The van der Waals surface area contributed by atoms with Crippen molar-refractivity contribution < 1.29 is 9.47 Å².